The number of likely N-dealkylation sites (tertiary alicyclic amines) is 2. The van der Waals surface area contributed by atoms with E-state index in [1.54, 1.807) is 0 Å². The molecule has 1 aromatic heterocycles. The van der Waals surface area contributed by atoms with Crippen molar-refractivity contribution in [2.75, 3.05) is 69.4 Å². The zero-order valence-electron chi connectivity index (χ0n) is 25.6. The van der Waals surface area contributed by atoms with E-state index in [1.807, 2.05) is 30.3 Å². The molecule has 4 aromatic rings. The van der Waals surface area contributed by atoms with Gasteiger partial charge in [-0.05, 0) is 104 Å². The first-order valence-corrected chi connectivity index (χ1v) is 16.4. The second kappa shape index (κ2) is 12.2. The molecule has 9 heteroatoms. The van der Waals surface area contributed by atoms with Gasteiger partial charge >= 0.3 is 0 Å². The summed E-state index contributed by atoms with van der Waals surface area (Å²) in [7, 11) is 0. The largest absolute Gasteiger partial charge is 0.454 e. The van der Waals surface area contributed by atoms with Gasteiger partial charge in [-0.25, -0.2) is 4.98 Å². The van der Waals surface area contributed by atoms with Gasteiger partial charge in [-0.2, -0.15) is 0 Å². The van der Waals surface area contributed by atoms with E-state index < -0.39 is 0 Å². The Hall–Kier alpha value is -4.34. The molecule has 0 aliphatic carbocycles. The van der Waals surface area contributed by atoms with Crippen molar-refractivity contribution in [1.29, 1.82) is 0 Å². The van der Waals surface area contributed by atoms with Crippen LogP contribution in [0.2, 0.25) is 0 Å². The molecule has 2 N–H and O–H groups in total. The Morgan fingerprint density at radius 1 is 0.844 bits per heavy atom. The Morgan fingerprint density at radius 2 is 1.62 bits per heavy atom. The van der Waals surface area contributed by atoms with Crippen molar-refractivity contribution in [3.05, 3.63) is 72.3 Å². The summed E-state index contributed by atoms with van der Waals surface area (Å²) < 4.78 is 11.2. The van der Waals surface area contributed by atoms with Crippen molar-refractivity contribution < 1.29 is 14.3 Å². The average molecular weight is 605 g/mol. The lowest BCUT2D eigenvalue weighted by Crippen LogP contribution is -2.43. The van der Waals surface area contributed by atoms with Gasteiger partial charge in [-0.1, -0.05) is 12.1 Å². The number of carbonyl (C=O) groups excluding carboxylic acids is 1. The molecule has 5 heterocycles. The van der Waals surface area contributed by atoms with E-state index in [0.717, 1.165) is 104 Å². The van der Waals surface area contributed by atoms with E-state index in [-0.39, 0.29) is 18.7 Å². The number of fused-ring (bicyclic) bond motifs is 2. The molecule has 1 unspecified atom stereocenters. The molecule has 3 fully saturated rings. The molecule has 1 atom stereocenters. The van der Waals surface area contributed by atoms with E-state index in [1.165, 1.54) is 18.5 Å². The fourth-order valence-electron chi connectivity index (χ4n) is 7.26. The minimum Gasteiger partial charge on any atom is -0.454 e. The third-order valence-electron chi connectivity index (χ3n) is 9.67. The van der Waals surface area contributed by atoms with Crippen LogP contribution in [0.4, 0.5) is 17.2 Å². The Kier molecular flexibility index (Phi) is 7.64. The number of rotatable bonds is 7. The summed E-state index contributed by atoms with van der Waals surface area (Å²) in [6.45, 7) is 8.28. The number of amides is 1. The third-order valence-corrected chi connectivity index (χ3v) is 9.67. The van der Waals surface area contributed by atoms with Gasteiger partial charge in [-0.15, -0.1) is 0 Å². The van der Waals surface area contributed by atoms with Crippen LogP contribution in [0.15, 0.2) is 66.7 Å². The smallest absolute Gasteiger partial charge is 0.254 e. The Bertz CT molecular complexity index is 1700. The molecule has 3 saturated heterocycles. The van der Waals surface area contributed by atoms with Crippen LogP contribution in [0, 0.1) is 0 Å². The van der Waals surface area contributed by atoms with Gasteiger partial charge in [0.1, 0.15) is 5.82 Å². The first kappa shape index (κ1) is 28.2. The first-order valence-electron chi connectivity index (χ1n) is 16.4. The highest BCUT2D eigenvalue weighted by Gasteiger charge is 2.32. The Balaban J connectivity index is 1.13. The second-order valence-electron chi connectivity index (χ2n) is 12.6. The zero-order chi connectivity index (χ0) is 30.2. The van der Waals surface area contributed by atoms with E-state index in [0.29, 0.717) is 11.4 Å². The monoisotopic (exact) mass is 604 g/mol. The minimum atomic E-state index is 0.0871. The van der Waals surface area contributed by atoms with Crippen LogP contribution >= 0.6 is 0 Å². The fourth-order valence-corrected chi connectivity index (χ4v) is 7.26. The van der Waals surface area contributed by atoms with Crippen molar-refractivity contribution in [3.63, 3.8) is 0 Å². The molecule has 0 bridgehead atoms. The predicted octanol–water partition coefficient (Wildman–Crippen LogP) is 5.48. The lowest BCUT2D eigenvalue weighted by Gasteiger charge is -2.29. The number of hydrogen-bond donors (Lipinski definition) is 2. The first-order chi connectivity index (χ1) is 22.2. The lowest BCUT2D eigenvalue weighted by molar-refractivity contribution is 0.0710. The highest BCUT2D eigenvalue weighted by molar-refractivity contribution is 6.08. The van der Waals surface area contributed by atoms with E-state index >= 15 is 0 Å². The highest BCUT2D eigenvalue weighted by atomic mass is 16.7. The number of nitrogens with one attached hydrogen (secondary N) is 2. The summed E-state index contributed by atoms with van der Waals surface area (Å²) in [5.41, 5.74) is 5.68. The van der Waals surface area contributed by atoms with Crippen molar-refractivity contribution in [2.24, 2.45) is 0 Å². The molecule has 0 saturated carbocycles. The Morgan fingerprint density at radius 3 is 2.47 bits per heavy atom. The van der Waals surface area contributed by atoms with Gasteiger partial charge in [-0.3, -0.25) is 4.79 Å². The summed E-state index contributed by atoms with van der Waals surface area (Å²) >= 11 is 0. The van der Waals surface area contributed by atoms with Crippen LogP contribution in [0.3, 0.4) is 0 Å². The molecule has 45 heavy (non-hydrogen) atoms. The van der Waals surface area contributed by atoms with E-state index in [4.69, 9.17) is 14.5 Å². The van der Waals surface area contributed by atoms with E-state index in [2.05, 4.69) is 61.7 Å². The molecule has 4 aliphatic rings. The highest BCUT2D eigenvalue weighted by Crippen LogP contribution is 2.37. The summed E-state index contributed by atoms with van der Waals surface area (Å²) in [5.74, 6) is 2.26. The number of piperazine rings is 1. The number of ether oxygens (including phenoxy) is 2. The van der Waals surface area contributed by atoms with Crippen molar-refractivity contribution in [1.82, 2.24) is 20.1 Å². The maximum absolute atomic E-state index is 14.5. The molecule has 9 nitrogen and oxygen atoms in total. The van der Waals surface area contributed by atoms with Gasteiger partial charge in [0.25, 0.3) is 5.91 Å². The number of hydrogen-bond acceptors (Lipinski definition) is 8. The third kappa shape index (κ3) is 5.78. The quantitative estimate of drug-likeness (QED) is 0.287. The van der Waals surface area contributed by atoms with Gasteiger partial charge in [0.2, 0.25) is 6.79 Å². The number of aromatic nitrogens is 1. The van der Waals surface area contributed by atoms with E-state index in [9.17, 15) is 4.79 Å². The van der Waals surface area contributed by atoms with Crippen LogP contribution in [0.1, 0.15) is 36.0 Å². The van der Waals surface area contributed by atoms with Crippen LogP contribution in [0.25, 0.3) is 22.0 Å². The number of carbonyl (C=O) groups is 1. The number of anilines is 3. The molecule has 8 rings (SSSR count). The second-order valence-corrected chi connectivity index (χ2v) is 12.6. The molecule has 0 radical (unpaired) electrons. The zero-order valence-corrected chi connectivity index (χ0v) is 25.6. The van der Waals surface area contributed by atoms with Gasteiger partial charge in [0.05, 0.1) is 11.1 Å². The number of pyridine rings is 1. The van der Waals surface area contributed by atoms with Crippen LogP contribution in [-0.4, -0.2) is 85.9 Å². The van der Waals surface area contributed by atoms with Crippen molar-refractivity contribution >= 4 is 34.0 Å². The molecule has 0 spiro atoms. The molecule has 3 aromatic carbocycles. The normalized spacial score (nSPS) is 19.9. The summed E-state index contributed by atoms with van der Waals surface area (Å²) in [4.78, 5) is 26.5. The molecular formula is C36H40N6O3. The lowest BCUT2D eigenvalue weighted by atomic mass is 9.99. The maximum atomic E-state index is 14.5. The number of nitrogens with zero attached hydrogens (tertiary/aromatic N) is 4. The summed E-state index contributed by atoms with van der Waals surface area (Å²) in [6.07, 6.45) is 4.60. The number of benzene rings is 3. The topological polar surface area (TPSA) is 82.2 Å². The molecular weight excluding hydrogens is 564 g/mol. The Labute approximate surface area is 264 Å². The van der Waals surface area contributed by atoms with Crippen molar-refractivity contribution in [3.8, 4) is 22.6 Å². The molecule has 4 aliphatic heterocycles. The SMILES string of the molecule is O=C(c1cc(Nc2ccc(N3CCNCC3)cc2)nc2ccc(-c3ccc4c(c3)OCO4)cc12)N1CCCC1CN1CCCC1. The van der Waals surface area contributed by atoms with Crippen LogP contribution in [0.5, 0.6) is 11.5 Å². The average Bonchev–Trinajstić information content (AvgIpc) is 3.88. The summed E-state index contributed by atoms with van der Waals surface area (Å²) in [6, 6.07) is 22.9. The summed E-state index contributed by atoms with van der Waals surface area (Å²) in [5, 5.41) is 7.78. The van der Waals surface area contributed by atoms with Gasteiger partial charge < -0.3 is 34.8 Å². The van der Waals surface area contributed by atoms with Crippen LogP contribution in [-0.2, 0) is 0 Å². The predicted molar refractivity (Wildman–Crippen MR) is 178 cm³/mol. The van der Waals surface area contributed by atoms with Gasteiger partial charge in [0.15, 0.2) is 11.5 Å². The minimum absolute atomic E-state index is 0.0871. The maximum Gasteiger partial charge on any atom is 0.254 e. The van der Waals surface area contributed by atoms with Crippen molar-refractivity contribution in [2.45, 2.75) is 31.7 Å². The van der Waals surface area contributed by atoms with Gasteiger partial charge in [0, 0.05) is 62.1 Å². The molecule has 232 valence electrons. The molecule has 1 amide bonds. The standard InChI is InChI=1S/C36H40N6O3/c43-36(42-17-3-4-29(42)23-40-15-1-2-16-40)31-22-35(38-27-7-9-28(10-8-27)41-18-13-37-14-19-41)39-32-11-5-25(20-30(31)32)26-6-12-33-34(21-26)45-24-44-33/h5-12,20-22,29,37H,1-4,13-19,23-24H2,(H,38,39). The fraction of sp³-hybridized carbons (Fsp3) is 0.389. The van der Waals surface area contributed by atoms with Crippen LogP contribution < -0.4 is 25.0 Å².